The Labute approximate surface area is 120 Å². The van der Waals surface area contributed by atoms with Crippen LogP contribution in [0.2, 0.25) is 10.0 Å². The molecule has 1 aromatic heterocycles. The van der Waals surface area contributed by atoms with Crippen LogP contribution in [0, 0.1) is 0 Å². The second kappa shape index (κ2) is 5.87. The molecule has 0 fully saturated rings. The molecule has 0 bridgehead atoms. The molecule has 0 amide bonds. The highest BCUT2D eigenvalue weighted by Gasteiger charge is 2.10. The van der Waals surface area contributed by atoms with E-state index < -0.39 is 5.78 Å². The number of carbonyl (C=O) groups is 1. The number of allylic oxidation sites excluding steroid dienone is 1. The van der Waals surface area contributed by atoms with Gasteiger partial charge in [0.2, 0.25) is 5.78 Å². The fourth-order valence-corrected chi connectivity index (χ4v) is 1.72. The van der Waals surface area contributed by atoms with Crippen LogP contribution in [-0.2, 0) is 0 Å². The first-order valence-corrected chi connectivity index (χ1v) is 6.14. The summed E-state index contributed by atoms with van der Waals surface area (Å²) in [6, 6.07) is 8.29. The molecule has 1 aromatic carbocycles. The fraction of sp³-hybridized carbons (Fsp3) is 0. The Balaban J connectivity index is 2.18. The summed E-state index contributed by atoms with van der Waals surface area (Å²) in [7, 11) is 0. The van der Waals surface area contributed by atoms with Gasteiger partial charge in [0.25, 0.3) is 0 Å². The molecule has 0 saturated carbocycles. The average molecular weight is 294 g/mol. The van der Waals surface area contributed by atoms with Crippen molar-refractivity contribution in [2.75, 3.05) is 0 Å². The molecule has 1 N–H and O–H groups in total. The van der Waals surface area contributed by atoms with Crippen LogP contribution in [0.1, 0.15) is 16.1 Å². The zero-order chi connectivity index (χ0) is 13.8. The van der Waals surface area contributed by atoms with Crippen LogP contribution in [0.3, 0.4) is 0 Å². The Morgan fingerprint density at radius 1 is 1.16 bits per heavy atom. The number of ketones is 1. The Bertz CT molecular complexity index is 636. The van der Waals surface area contributed by atoms with Crippen LogP contribution in [0.15, 0.2) is 42.6 Å². The van der Waals surface area contributed by atoms with Crippen molar-refractivity contribution in [3.05, 3.63) is 63.9 Å². The van der Waals surface area contributed by atoms with Crippen molar-refractivity contribution in [1.82, 2.24) is 4.98 Å². The molecule has 96 valence electrons. The number of aromatic hydroxyl groups is 1. The van der Waals surface area contributed by atoms with Crippen molar-refractivity contribution in [3.8, 4) is 5.75 Å². The third-order valence-corrected chi connectivity index (χ3v) is 2.82. The molecule has 0 radical (unpaired) electrons. The standard InChI is InChI=1S/C14H9Cl2NO2/c15-10-4-1-9(2-5-10)3-6-12(18)14-13(19)7-11(16)8-17-14/h1-8,19H/b6-3+. The molecule has 0 atom stereocenters. The third kappa shape index (κ3) is 3.56. The Kier molecular flexibility index (Phi) is 4.20. The number of nitrogens with zero attached hydrogens (tertiary/aromatic N) is 1. The zero-order valence-corrected chi connectivity index (χ0v) is 11.2. The molecular weight excluding hydrogens is 285 g/mol. The van der Waals surface area contributed by atoms with Crippen LogP contribution in [0.4, 0.5) is 0 Å². The summed E-state index contributed by atoms with van der Waals surface area (Å²) in [6.45, 7) is 0. The van der Waals surface area contributed by atoms with Crippen LogP contribution in [-0.4, -0.2) is 15.9 Å². The molecule has 0 aliphatic rings. The monoisotopic (exact) mass is 293 g/mol. The van der Waals surface area contributed by atoms with Crippen LogP contribution in [0.25, 0.3) is 6.08 Å². The van der Waals surface area contributed by atoms with E-state index in [1.54, 1.807) is 30.3 Å². The molecule has 3 nitrogen and oxygen atoms in total. The summed E-state index contributed by atoms with van der Waals surface area (Å²) in [5, 5.41) is 10.5. The van der Waals surface area contributed by atoms with Gasteiger partial charge in [0.15, 0.2) is 5.69 Å². The zero-order valence-electron chi connectivity index (χ0n) is 9.68. The lowest BCUT2D eigenvalue weighted by atomic mass is 10.1. The van der Waals surface area contributed by atoms with E-state index in [2.05, 4.69) is 4.98 Å². The van der Waals surface area contributed by atoms with Crippen molar-refractivity contribution in [2.24, 2.45) is 0 Å². The number of halogens is 2. The topological polar surface area (TPSA) is 50.2 Å². The second-order valence-electron chi connectivity index (χ2n) is 3.77. The first kappa shape index (κ1) is 13.6. The molecule has 0 saturated heterocycles. The summed E-state index contributed by atoms with van der Waals surface area (Å²) in [4.78, 5) is 15.6. The van der Waals surface area contributed by atoms with Gasteiger partial charge in [0.05, 0.1) is 5.02 Å². The predicted molar refractivity (Wildman–Crippen MR) is 75.7 cm³/mol. The summed E-state index contributed by atoms with van der Waals surface area (Å²) in [5.74, 6) is -0.637. The van der Waals surface area contributed by atoms with Gasteiger partial charge in [-0.05, 0) is 23.8 Å². The Morgan fingerprint density at radius 3 is 2.47 bits per heavy atom. The first-order valence-electron chi connectivity index (χ1n) is 5.39. The van der Waals surface area contributed by atoms with E-state index in [0.717, 1.165) is 5.56 Å². The van der Waals surface area contributed by atoms with E-state index in [9.17, 15) is 9.90 Å². The number of pyridine rings is 1. The summed E-state index contributed by atoms with van der Waals surface area (Å²) >= 11 is 11.4. The van der Waals surface area contributed by atoms with Gasteiger partial charge in [0.1, 0.15) is 5.75 Å². The van der Waals surface area contributed by atoms with E-state index in [1.165, 1.54) is 18.3 Å². The molecule has 5 heteroatoms. The first-order chi connectivity index (χ1) is 9.06. The SMILES string of the molecule is O=C(/C=C/c1ccc(Cl)cc1)c1ncc(Cl)cc1O. The maximum absolute atomic E-state index is 11.8. The fourth-order valence-electron chi connectivity index (χ4n) is 1.44. The average Bonchev–Trinajstić information content (AvgIpc) is 2.37. The maximum Gasteiger partial charge on any atom is 0.207 e. The number of carbonyl (C=O) groups excluding carboxylic acids is 1. The van der Waals surface area contributed by atoms with Crippen molar-refractivity contribution >= 4 is 35.1 Å². The summed E-state index contributed by atoms with van der Waals surface area (Å²) in [6.07, 6.45) is 4.26. The Morgan fingerprint density at radius 2 is 1.84 bits per heavy atom. The molecule has 0 aliphatic carbocycles. The van der Waals surface area contributed by atoms with Gasteiger partial charge in [0, 0.05) is 17.3 Å². The number of hydrogen-bond donors (Lipinski definition) is 1. The van der Waals surface area contributed by atoms with Crippen molar-refractivity contribution in [1.29, 1.82) is 0 Å². The van der Waals surface area contributed by atoms with Gasteiger partial charge in [-0.25, -0.2) is 4.98 Å². The predicted octanol–water partition coefficient (Wildman–Crippen LogP) is 3.99. The summed E-state index contributed by atoms with van der Waals surface area (Å²) < 4.78 is 0. The van der Waals surface area contributed by atoms with Crippen molar-refractivity contribution < 1.29 is 9.90 Å². The van der Waals surface area contributed by atoms with E-state index in [1.807, 2.05) is 0 Å². The highest BCUT2D eigenvalue weighted by Crippen LogP contribution is 2.20. The van der Waals surface area contributed by atoms with Gasteiger partial charge in [-0.2, -0.15) is 0 Å². The minimum absolute atomic E-state index is 0.0328. The van der Waals surface area contributed by atoms with E-state index in [0.29, 0.717) is 5.02 Å². The van der Waals surface area contributed by atoms with Crippen LogP contribution >= 0.6 is 23.2 Å². The molecule has 19 heavy (non-hydrogen) atoms. The molecular formula is C14H9Cl2NO2. The molecule has 0 unspecified atom stereocenters. The molecule has 2 rings (SSSR count). The van der Waals surface area contributed by atoms with E-state index in [4.69, 9.17) is 23.2 Å². The highest BCUT2D eigenvalue weighted by atomic mass is 35.5. The van der Waals surface area contributed by atoms with Crippen LogP contribution in [0.5, 0.6) is 5.75 Å². The maximum atomic E-state index is 11.8. The third-order valence-electron chi connectivity index (χ3n) is 2.36. The minimum Gasteiger partial charge on any atom is -0.505 e. The van der Waals surface area contributed by atoms with Gasteiger partial charge in [-0.15, -0.1) is 0 Å². The van der Waals surface area contributed by atoms with E-state index in [-0.39, 0.29) is 16.5 Å². The van der Waals surface area contributed by atoms with E-state index >= 15 is 0 Å². The molecule has 0 aliphatic heterocycles. The number of aromatic nitrogens is 1. The van der Waals surface area contributed by atoms with Gasteiger partial charge in [-0.3, -0.25) is 4.79 Å². The van der Waals surface area contributed by atoms with Gasteiger partial charge < -0.3 is 5.11 Å². The number of hydrogen-bond acceptors (Lipinski definition) is 3. The minimum atomic E-state index is -0.399. The van der Waals surface area contributed by atoms with Crippen molar-refractivity contribution in [2.45, 2.75) is 0 Å². The van der Waals surface area contributed by atoms with Crippen LogP contribution < -0.4 is 0 Å². The summed E-state index contributed by atoms with van der Waals surface area (Å²) in [5.41, 5.74) is 0.792. The number of rotatable bonds is 3. The lowest BCUT2D eigenvalue weighted by Crippen LogP contribution is -1.98. The Hall–Kier alpha value is -1.84. The largest absolute Gasteiger partial charge is 0.505 e. The lowest BCUT2D eigenvalue weighted by Gasteiger charge is -1.99. The number of benzene rings is 1. The second-order valence-corrected chi connectivity index (χ2v) is 4.64. The van der Waals surface area contributed by atoms with Gasteiger partial charge in [-0.1, -0.05) is 41.4 Å². The highest BCUT2D eigenvalue weighted by molar-refractivity contribution is 6.31. The van der Waals surface area contributed by atoms with Gasteiger partial charge >= 0.3 is 0 Å². The van der Waals surface area contributed by atoms with Crippen molar-refractivity contribution in [3.63, 3.8) is 0 Å². The molecule has 1 heterocycles. The smallest absolute Gasteiger partial charge is 0.207 e. The quantitative estimate of drug-likeness (QED) is 0.688. The molecule has 2 aromatic rings. The lowest BCUT2D eigenvalue weighted by molar-refractivity contribution is 0.104. The normalized spacial score (nSPS) is 10.8. The molecule has 0 spiro atoms.